The SMILES string of the molecule is CCOC(=O)COc1ccc(S)c(Br)c1. The highest BCUT2D eigenvalue weighted by molar-refractivity contribution is 9.10. The second-order valence-corrected chi connectivity index (χ2v) is 4.04. The third kappa shape index (κ3) is 4.13. The molecule has 0 aliphatic carbocycles. The third-order valence-corrected chi connectivity index (χ3v) is 2.93. The maximum Gasteiger partial charge on any atom is 0.344 e. The Labute approximate surface area is 102 Å². The van der Waals surface area contributed by atoms with Gasteiger partial charge in [0.25, 0.3) is 0 Å². The lowest BCUT2D eigenvalue weighted by Gasteiger charge is -2.06. The molecular weight excluding hydrogens is 280 g/mol. The zero-order valence-electron chi connectivity index (χ0n) is 8.20. The summed E-state index contributed by atoms with van der Waals surface area (Å²) in [6.45, 7) is 2.04. The second-order valence-electron chi connectivity index (χ2n) is 2.71. The molecule has 5 heteroatoms. The van der Waals surface area contributed by atoms with Crippen LogP contribution in [0.5, 0.6) is 5.75 Å². The predicted molar refractivity (Wildman–Crippen MR) is 63.5 cm³/mol. The van der Waals surface area contributed by atoms with Crippen molar-refractivity contribution in [2.24, 2.45) is 0 Å². The highest BCUT2D eigenvalue weighted by Gasteiger charge is 2.04. The Kier molecular flexibility index (Phi) is 4.98. The van der Waals surface area contributed by atoms with Gasteiger partial charge in [-0.3, -0.25) is 0 Å². The van der Waals surface area contributed by atoms with Crippen LogP contribution in [0.1, 0.15) is 6.92 Å². The van der Waals surface area contributed by atoms with Gasteiger partial charge >= 0.3 is 5.97 Å². The van der Waals surface area contributed by atoms with E-state index in [-0.39, 0.29) is 12.6 Å². The minimum absolute atomic E-state index is 0.0772. The Morgan fingerprint density at radius 1 is 1.53 bits per heavy atom. The molecule has 0 radical (unpaired) electrons. The van der Waals surface area contributed by atoms with Gasteiger partial charge in [-0.1, -0.05) is 0 Å². The van der Waals surface area contributed by atoms with Gasteiger partial charge in [0.1, 0.15) is 5.75 Å². The van der Waals surface area contributed by atoms with Crippen LogP contribution in [0.4, 0.5) is 0 Å². The van der Waals surface area contributed by atoms with Crippen LogP contribution in [0.25, 0.3) is 0 Å². The number of carbonyl (C=O) groups excluding carboxylic acids is 1. The van der Waals surface area contributed by atoms with Gasteiger partial charge in [0, 0.05) is 9.37 Å². The monoisotopic (exact) mass is 290 g/mol. The molecule has 0 saturated carbocycles. The van der Waals surface area contributed by atoms with Gasteiger partial charge in [-0.15, -0.1) is 12.6 Å². The first-order chi connectivity index (χ1) is 7.13. The van der Waals surface area contributed by atoms with Crippen LogP contribution >= 0.6 is 28.6 Å². The highest BCUT2D eigenvalue weighted by atomic mass is 79.9. The summed E-state index contributed by atoms with van der Waals surface area (Å²) in [5, 5.41) is 0. The van der Waals surface area contributed by atoms with Crippen LogP contribution in [0.2, 0.25) is 0 Å². The zero-order chi connectivity index (χ0) is 11.3. The number of rotatable bonds is 4. The minimum Gasteiger partial charge on any atom is -0.482 e. The van der Waals surface area contributed by atoms with Crippen molar-refractivity contribution in [3.05, 3.63) is 22.7 Å². The zero-order valence-corrected chi connectivity index (χ0v) is 10.7. The van der Waals surface area contributed by atoms with Crippen molar-refractivity contribution in [3.8, 4) is 5.75 Å². The lowest BCUT2D eigenvalue weighted by Crippen LogP contribution is -2.14. The molecular formula is C10H11BrO3S. The van der Waals surface area contributed by atoms with Gasteiger partial charge in [0.2, 0.25) is 0 Å². The van der Waals surface area contributed by atoms with Crippen LogP contribution in [0.15, 0.2) is 27.6 Å². The molecule has 0 N–H and O–H groups in total. The second kappa shape index (κ2) is 6.02. The highest BCUT2D eigenvalue weighted by Crippen LogP contribution is 2.25. The predicted octanol–water partition coefficient (Wildman–Crippen LogP) is 2.68. The van der Waals surface area contributed by atoms with Crippen molar-refractivity contribution in [2.45, 2.75) is 11.8 Å². The molecule has 1 aromatic carbocycles. The van der Waals surface area contributed by atoms with Crippen LogP contribution in [-0.4, -0.2) is 19.2 Å². The average Bonchev–Trinajstić information content (AvgIpc) is 2.20. The van der Waals surface area contributed by atoms with E-state index in [1.54, 1.807) is 25.1 Å². The van der Waals surface area contributed by atoms with Gasteiger partial charge in [-0.2, -0.15) is 0 Å². The van der Waals surface area contributed by atoms with Crippen molar-refractivity contribution in [1.82, 2.24) is 0 Å². The average molecular weight is 291 g/mol. The third-order valence-electron chi connectivity index (χ3n) is 1.58. The van der Waals surface area contributed by atoms with Crippen LogP contribution in [-0.2, 0) is 9.53 Å². The molecule has 0 spiro atoms. The molecule has 0 aliphatic rings. The number of ether oxygens (including phenoxy) is 2. The molecule has 0 aliphatic heterocycles. The molecule has 1 rings (SSSR count). The summed E-state index contributed by atoms with van der Waals surface area (Å²) < 4.78 is 10.8. The van der Waals surface area contributed by atoms with Crippen molar-refractivity contribution in [3.63, 3.8) is 0 Å². The number of hydrogen-bond acceptors (Lipinski definition) is 4. The summed E-state index contributed by atoms with van der Waals surface area (Å²) in [5.74, 6) is 0.233. The Bertz CT molecular complexity index is 355. The van der Waals surface area contributed by atoms with E-state index in [9.17, 15) is 4.79 Å². The fraction of sp³-hybridized carbons (Fsp3) is 0.300. The molecule has 1 aromatic rings. The molecule has 3 nitrogen and oxygen atoms in total. The topological polar surface area (TPSA) is 35.5 Å². The molecule has 15 heavy (non-hydrogen) atoms. The maximum absolute atomic E-state index is 11.0. The standard InChI is InChI=1S/C10H11BrO3S/c1-2-13-10(12)6-14-7-3-4-9(15)8(11)5-7/h3-5,15H,2,6H2,1H3. The minimum atomic E-state index is -0.372. The van der Waals surface area contributed by atoms with E-state index in [1.807, 2.05) is 0 Å². The molecule has 0 unspecified atom stereocenters. The number of halogens is 1. The maximum atomic E-state index is 11.0. The molecule has 0 saturated heterocycles. The fourth-order valence-electron chi connectivity index (χ4n) is 0.922. The number of carbonyl (C=O) groups is 1. The normalized spacial score (nSPS) is 9.80. The first-order valence-corrected chi connectivity index (χ1v) is 5.64. The van der Waals surface area contributed by atoms with Crippen LogP contribution in [0, 0.1) is 0 Å². The van der Waals surface area contributed by atoms with Crippen molar-refractivity contribution in [2.75, 3.05) is 13.2 Å². The van der Waals surface area contributed by atoms with Gasteiger partial charge in [0.15, 0.2) is 6.61 Å². The van der Waals surface area contributed by atoms with Gasteiger partial charge in [0.05, 0.1) is 6.61 Å². The number of hydrogen-bond donors (Lipinski definition) is 1. The van der Waals surface area contributed by atoms with Crippen LogP contribution in [0.3, 0.4) is 0 Å². The van der Waals surface area contributed by atoms with Crippen molar-refractivity contribution in [1.29, 1.82) is 0 Å². The molecule has 0 amide bonds. The Morgan fingerprint density at radius 3 is 2.87 bits per heavy atom. The summed E-state index contributed by atoms with van der Waals surface area (Å²) in [6, 6.07) is 5.28. The molecule has 0 atom stereocenters. The van der Waals surface area contributed by atoms with Crippen molar-refractivity contribution < 1.29 is 14.3 Å². The number of benzene rings is 1. The summed E-state index contributed by atoms with van der Waals surface area (Å²) in [4.78, 5) is 11.8. The van der Waals surface area contributed by atoms with E-state index < -0.39 is 0 Å². The van der Waals surface area contributed by atoms with Crippen molar-refractivity contribution >= 4 is 34.5 Å². The molecule has 0 fully saturated rings. The van der Waals surface area contributed by atoms with Gasteiger partial charge < -0.3 is 9.47 Å². The van der Waals surface area contributed by atoms with E-state index in [1.165, 1.54) is 0 Å². The van der Waals surface area contributed by atoms with E-state index in [2.05, 4.69) is 28.6 Å². The molecule has 0 bridgehead atoms. The summed E-state index contributed by atoms with van der Waals surface area (Å²) >= 11 is 7.50. The Morgan fingerprint density at radius 2 is 2.27 bits per heavy atom. The van der Waals surface area contributed by atoms with E-state index in [0.29, 0.717) is 12.4 Å². The molecule has 0 heterocycles. The lowest BCUT2D eigenvalue weighted by atomic mass is 10.3. The summed E-state index contributed by atoms with van der Waals surface area (Å²) in [7, 11) is 0. The largest absolute Gasteiger partial charge is 0.482 e. The van der Waals surface area contributed by atoms with E-state index in [4.69, 9.17) is 9.47 Å². The molecule has 0 aromatic heterocycles. The van der Waals surface area contributed by atoms with E-state index >= 15 is 0 Å². The van der Waals surface area contributed by atoms with E-state index in [0.717, 1.165) is 9.37 Å². The summed E-state index contributed by atoms with van der Waals surface area (Å²) in [6.07, 6.45) is 0. The first kappa shape index (κ1) is 12.4. The lowest BCUT2D eigenvalue weighted by molar-refractivity contribution is -0.145. The molecule has 82 valence electrons. The Hall–Kier alpha value is -0.680. The van der Waals surface area contributed by atoms with Gasteiger partial charge in [-0.25, -0.2) is 4.79 Å². The van der Waals surface area contributed by atoms with Gasteiger partial charge in [-0.05, 0) is 41.1 Å². The Balaban J connectivity index is 2.51. The van der Waals surface area contributed by atoms with Crippen LogP contribution < -0.4 is 4.74 Å². The quantitative estimate of drug-likeness (QED) is 0.684. The fourth-order valence-corrected chi connectivity index (χ4v) is 1.42. The summed E-state index contributed by atoms with van der Waals surface area (Å²) in [5.41, 5.74) is 0. The smallest absolute Gasteiger partial charge is 0.344 e. The number of esters is 1. The number of thiol groups is 1. The first-order valence-electron chi connectivity index (χ1n) is 4.40.